The Labute approximate surface area is 184 Å². The van der Waals surface area contributed by atoms with Crippen LogP contribution in [0.1, 0.15) is 16.7 Å². The highest BCUT2D eigenvalue weighted by Crippen LogP contribution is 2.29. The Bertz CT molecular complexity index is 829. The van der Waals surface area contributed by atoms with Crippen LogP contribution in [0.15, 0.2) is 48.5 Å². The van der Waals surface area contributed by atoms with E-state index >= 15 is 0 Å². The second-order valence-electron chi connectivity index (χ2n) is 6.10. The second-order valence-corrected chi connectivity index (χ2v) is 8.87. The maximum Gasteiger partial charge on any atom is 0.409 e. The van der Waals surface area contributed by atoms with E-state index in [1.807, 2.05) is 62.4 Å². The topological polar surface area (TPSA) is 62.4 Å². The number of anilines is 1. The average Bonchev–Trinajstić information content (AvgIpc) is 2.62. The van der Waals surface area contributed by atoms with Gasteiger partial charge in [0.2, 0.25) is 3.79 Å². The molecule has 5 nitrogen and oxygen atoms in total. The Kier molecular flexibility index (Phi) is 8.19. The highest BCUT2D eigenvalue weighted by Gasteiger charge is 2.35. The maximum absolute atomic E-state index is 12.1. The molecule has 3 N–H and O–H groups in total. The number of hydrogen-bond donors (Lipinski definition) is 3. The number of alkyl halides is 3. The van der Waals surface area contributed by atoms with Gasteiger partial charge >= 0.3 is 6.09 Å². The van der Waals surface area contributed by atoms with E-state index in [1.54, 1.807) is 0 Å². The van der Waals surface area contributed by atoms with E-state index in [1.165, 1.54) is 0 Å². The van der Waals surface area contributed by atoms with Gasteiger partial charge in [0.05, 0.1) is 0 Å². The molecule has 0 aromatic heterocycles. The number of carbonyl (C=O) groups is 1. The average molecular weight is 461 g/mol. The number of hydrogen-bond acceptors (Lipinski definition) is 3. The van der Waals surface area contributed by atoms with Crippen LogP contribution in [0, 0.1) is 13.8 Å². The van der Waals surface area contributed by atoms with Crippen molar-refractivity contribution in [3.05, 3.63) is 65.2 Å². The van der Waals surface area contributed by atoms with E-state index in [-0.39, 0.29) is 11.7 Å². The molecule has 28 heavy (non-hydrogen) atoms. The van der Waals surface area contributed by atoms with Crippen molar-refractivity contribution in [3.8, 4) is 0 Å². The van der Waals surface area contributed by atoms with Crippen LogP contribution < -0.4 is 16.0 Å². The highest BCUT2D eigenvalue weighted by atomic mass is 35.6. The molecule has 1 amide bonds. The highest BCUT2D eigenvalue weighted by molar-refractivity contribution is 7.80. The third kappa shape index (κ3) is 7.36. The van der Waals surface area contributed by atoms with Crippen molar-refractivity contribution >= 4 is 63.9 Å². The number of aryl methyl sites for hydroxylation is 2. The smallest absolute Gasteiger partial charge is 0.409 e. The molecule has 0 bridgehead atoms. The largest absolute Gasteiger partial charge is 0.445 e. The van der Waals surface area contributed by atoms with E-state index in [0.717, 1.165) is 22.4 Å². The normalized spacial score (nSPS) is 12.0. The Morgan fingerprint density at radius 3 is 2.43 bits per heavy atom. The van der Waals surface area contributed by atoms with Crippen LogP contribution >= 0.6 is 47.0 Å². The van der Waals surface area contributed by atoms with Gasteiger partial charge in [-0.3, -0.25) is 5.32 Å². The number of halogens is 3. The van der Waals surface area contributed by atoms with Gasteiger partial charge in [-0.2, -0.15) is 0 Å². The van der Waals surface area contributed by atoms with Crippen molar-refractivity contribution in [2.75, 3.05) is 5.32 Å². The van der Waals surface area contributed by atoms with Crippen molar-refractivity contribution in [2.24, 2.45) is 0 Å². The lowest BCUT2D eigenvalue weighted by Crippen LogP contribution is -2.56. The molecule has 0 heterocycles. The Morgan fingerprint density at radius 1 is 1.11 bits per heavy atom. The first kappa shape index (κ1) is 22.6. The molecule has 0 unspecified atom stereocenters. The molecule has 0 aliphatic carbocycles. The molecule has 0 fully saturated rings. The number of carbonyl (C=O) groups excluding carboxylic acids is 1. The first-order chi connectivity index (χ1) is 13.1. The van der Waals surface area contributed by atoms with Gasteiger partial charge in [-0.15, -0.1) is 0 Å². The Balaban J connectivity index is 1.96. The van der Waals surface area contributed by atoms with Crippen LogP contribution in [0.2, 0.25) is 0 Å². The lowest BCUT2D eigenvalue weighted by molar-refractivity contribution is 0.135. The van der Waals surface area contributed by atoms with Gasteiger partial charge < -0.3 is 15.4 Å². The van der Waals surface area contributed by atoms with Gasteiger partial charge in [-0.25, -0.2) is 4.79 Å². The summed E-state index contributed by atoms with van der Waals surface area (Å²) >= 11 is 23.2. The van der Waals surface area contributed by atoms with E-state index in [4.69, 9.17) is 51.8 Å². The fraction of sp³-hybridized carbons (Fsp3) is 0.263. The van der Waals surface area contributed by atoms with Gasteiger partial charge in [-0.1, -0.05) is 77.3 Å². The number of rotatable bonds is 5. The zero-order valence-electron chi connectivity index (χ0n) is 15.3. The van der Waals surface area contributed by atoms with E-state index in [0.29, 0.717) is 0 Å². The van der Waals surface area contributed by atoms with Crippen molar-refractivity contribution in [3.63, 3.8) is 0 Å². The van der Waals surface area contributed by atoms with Crippen molar-refractivity contribution in [1.82, 2.24) is 10.6 Å². The fourth-order valence-corrected chi connectivity index (χ4v) is 2.80. The number of benzene rings is 2. The standard InChI is InChI=1S/C19H20Cl3N3O2S/c1-12-8-9-13(2)15(10-12)23-17(28)24-16(19(20,21)22)25-18(26)27-11-14-6-4-3-5-7-14/h3-10,16H,11H2,1-2H3,(H,25,26)(H2,23,24,28)/t16-/m1/s1. The molecule has 150 valence electrons. The molecule has 0 aliphatic rings. The fourth-order valence-electron chi connectivity index (χ4n) is 2.24. The lowest BCUT2D eigenvalue weighted by atomic mass is 10.1. The van der Waals surface area contributed by atoms with Crippen molar-refractivity contribution in [2.45, 2.75) is 30.4 Å². The molecule has 0 spiro atoms. The first-order valence-electron chi connectivity index (χ1n) is 8.34. The van der Waals surface area contributed by atoms with Crippen LogP contribution in [0.25, 0.3) is 0 Å². The summed E-state index contributed by atoms with van der Waals surface area (Å²) in [5.41, 5.74) is 3.71. The van der Waals surface area contributed by atoms with E-state index < -0.39 is 16.1 Å². The maximum atomic E-state index is 12.1. The van der Waals surface area contributed by atoms with Crippen LogP contribution in [0.3, 0.4) is 0 Å². The molecule has 2 rings (SSSR count). The number of amides is 1. The van der Waals surface area contributed by atoms with Gasteiger partial charge in [0.15, 0.2) is 11.3 Å². The summed E-state index contributed by atoms with van der Waals surface area (Å²) in [6.07, 6.45) is -1.85. The number of ether oxygens (including phenoxy) is 1. The monoisotopic (exact) mass is 459 g/mol. The van der Waals surface area contributed by atoms with Crippen LogP contribution in [-0.4, -0.2) is 21.2 Å². The third-order valence-corrected chi connectivity index (χ3v) is 4.59. The number of nitrogens with one attached hydrogen (secondary N) is 3. The van der Waals surface area contributed by atoms with Crippen LogP contribution in [0.4, 0.5) is 10.5 Å². The lowest BCUT2D eigenvalue weighted by Gasteiger charge is -2.27. The van der Waals surface area contributed by atoms with Gasteiger partial charge in [0.1, 0.15) is 6.61 Å². The molecule has 1 atom stereocenters. The summed E-state index contributed by atoms with van der Waals surface area (Å²) in [5, 5.41) is 8.49. The number of alkyl carbamates (subject to hydrolysis) is 1. The molecule has 2 aromatic rings. The zero-order chi connectivity index (χ0) is 20.7. The van der Waals surface area contributed by atoms with Crippen LogP contribution in [0.5, 0.6) is 0 Å². The summed E-state index contributed by atoms with van der Waals surface area (Å²) < 4.78 is 3.30. The molecule has 0 saturated heterocycles. The molecule has 0 aliphatic heterocycles. The summed E-state index contributed by atoms with van der Waals surface area (Å²) in [4.78, 5) is 12.1. The van der Waals surface area contributed by atoms with E-state index in [9.17, 15) is 4.79 Å². The van der Waals surface area contributed by atoms with Gasteiger partial charge in [-0.05, 0) is 48.8 Å². The summed E-state index contributed by atoms with van der Waals surface area (Å²) in [5.74, 6) is 0. The van der Waals surface area contributed by atoms with Crippen molar-refractivity contribution < 1.29 is 9.53 Å². The van der Waals surface area contributed by atoms with Gasteiger partial charge in [0.25, 0.3) is 0 Å². The predicted octanol–water partition coefficient (Wildman–Crippen LogP) is 5.21. The Morgan fingerprint density at radius 2 is 1.79 bits per heavy atom. The molecular formula is C19H20Cl3N3O2S. The first-order valence-corrected chi connectivity index (χ1v) is 9.88. The van der Waals surface area contributed by atoms with E-state index in [2.05, 4.69) is 16.0 Å². The molecular weight excluding hydrogens is 441 g/mol. The molecule has 2 aromatic carbocycles. The minimum atomic E-state index is -1.86. The minimum absolute atomic E-state index is 0.0877. The Hall–Kier alpha value is -1.73. The number of thiocarbonyl (C=S) groups is 1. The summed E-state index contributed by atoms with van der Waals surface area (Å²) in [7, 11) is 0. The SMILES string of the molecule is Cc1ccc(C)c(NC(=S)N[C@H](NC(=O)OCc2ccccc2)C(Cl)(Cl)Cl)c1. The second kappa shape index (κ2) is 10.2. The quantitative estimate of drug-likeness (QED) is 0.325. The van der Waals surface area contributed by atoms with Crippen LogP contribution in [-0.2, 0) is 11.3 Å². The molecule has 0 saturated carbocycles. The zero-order valence-corrected chi connectivity index (χ0v) is 18.3. The minimum Gasteiger partial charge on any atom is -0.445 e. The summed E-state index contributed by atoms with van der Waals surface area (Å²) in [6, 6.07) is 15.1. The molecule has 0 radical (unpaired) electrons. The molecule has 9 heteroatoms. The van der Waals surface area contributed by atoms with Crippen molar-refractivity contribution in [1.29, 1.82) is 0 Å². The van der Waals surface area contributed by atoms with Gasteiger partial charge in [0, 0.05) is 5.69 Å². The third-order valence-electron chi connectivity index (χ3n) is 3.72. The summed E-state index contributed by atoms with van der Waals surface area (Å²) in [6.45, 7) is 4.00. The predicted molar refractivity (Wildman–Crippen MR) is 119 cm³/mol.